The van der Waals surface area contributed by atoms with Crippen molar-refractivity contribution in [2.45, 2.75) is 58.4 Å². The molecule has 12 heteroatoms. The molecule has 0 radical (unpaired) electrons. The molecule has 0 N–H and O–H groups in total. The fourth-order valence-electron chi connectivity index (χ4n) is 3.97. The van der Waals surface area contributed by atoms with Gasteiger partial charge in [-0.15, -0.1) is 0 Å². The number of carbonyl (C=O) groups excluding carboxylic acids is 5. The van der Waals surface area contributed by atoms with Crippen LogP contribution < -0.4 is 4.74 Å². The van der Waals surface area contributed by atoms with E-state index >= 15 is 0 Å². The molecule has 1 heterocycles. The fraction of sp³-hybridized carbons (Fsp3) is 0.357. The number of rotatable bonds is 9. The molecule has 2 aromatic carbocycles. The van der Waals surface area contributed by atoms with E-state index in [0.29, 0.717) is 16.7 Å². The molecule has 210 valence electrons. The summed E-state index contributed by atoms with van der Waals surface area (Å²) < 4.78 is 33.0. The monoisotopic (exact) mass is 553 g/mol. The molecule has 0 saturated carbocycles. The summed E-state index contributed by atoms with van der Waals surface area (Å²) in [7, 11) is 0. The summed E-state index contributed by atoms with van der Waals surface area (Å²) in [6.07, 6.45) is -6.63. The number of hydrogen-bond donors (Lipinski definition) is 0. The number of nitriles is 1. The van der Waals surface area contributed by atoms with E-state index in [4.69, 9.17) is 33.7 Å². The lowest BCUT2D eigenvalue weighted by atomic mass is 9.98. The highest BCUT2D eigenvalue weighted by Gasteiger charge is 2.53. The summed E-state index contributed by atoms with van der Waals surface area (Å²) in [5, 5.41) is 8.94. The van der Waals surface area contributed by atoms with Crippen LogP contribution in [0.4, 0.5) is 0 Å². The Bertz CT molecular complexity index is 1300. The molecule has 12 nitrogen and oxygen atoms in total. The molecule has 1 saturated heterocycles. The van der Waals surface area contributed by atoms with Crippen LogP contribution >= 0.6 is 0 Å². The largest absolute Gasteiger partial charge is 0.463 e. The van der Waals surface area contributed by atoms with Crippen molar-refractivity contribution in [1.82, 2.24) is 0 Å². The Morgan fingerprint density at radius 2 is 1.23 bits per heavy atom. The molecule has 3 rings (SSSR count). The molecule has 2 aromatic rings. The number of ether oxygens (including phenoxy) is 6. The van der Waals surface area contributed by atoms with Crippen LogP contribution in [0.5, 0.6) is 5.75 Å². The maximum atomic E-state index is 12.8. The van der Waals surface area contributed by atoms with Gasteiger partial charge in [0.2, 0.25) is 12.4 Å². The zero-order valence-corrected chi connectivity index (χ0v) is 22.2. The maximum Gasteiger partial charge on any atom is 0.303 e. The second-order valence-corrected chi connectivity index (χ2v) is 8.73. The lowest BCUT2D eigenvalue weighted by molar-refractivity contribution is -0.288. The minimum Gasteiger partial charge on any atom is -0.463 e. The van der Waals surface area contributed by atoms with Gasteiger partial charge < -0.3 is 28.4 Å². The van der Waals surface area contributed by atoms with Crippen LogP contribution in [0.15, 0.2) is 48.5 Å². The van der Waals surface area contributed by atoms with Crippen molar-refractivity contribution in [3.8, 4) is 11.8 Å². The van der Waals surface area contributed by atoms with Crippen LogP contribution in [-0.2, 0) is 42.9 Å². The number of carbonyl (C=O) groups is 5. The Kier molecular flexibility index (Phi) is 9.94. The van der Waals surface area contributed by atoms with Gasteiger partial charge in [-0.2, -0.15) is 5.26 Å². The molecule has 1 fully saturated rings. The molecule has 0 unspecified atom stereocenters. The van der Waals surface area contributed by atoms with Gasteiger partial charge in [-0.05, 0) is 48.5 Å². The number of hydrogen-bond acceptors (Lipinski definition) is 12. The first kappa shape index (κ1) is 29.8. The zero-order chi connectivity index (χ0) is 29.4. The highest BCUT2D eigenvalue weighted by atomic mass is 16.7. The van der Waals surface area contributed by atoms with Crippen molar-refractivity contribution < 1.29 is 52.4 Å². The first-order valence-corrected chi connectivity index (χ1v) is 12.1. The second-order valence-electron chi connectivity index (χ2n) is 8.73. The molecule has 1 aliphatic heterocycles. The smallest absolute Gasteiger partial charge is 0.303 e. The fourth-order valence-corrected chi connectivity index (χ4v) is 3.97. The third-order valence-electron chi connectivity index (χ3n) is 5.59. The maximum absolute atomic E-state index is 12.8. The molecule has 40 heavy (non-hydrogen) atoms. The van der Waals surface area contributed by atoms with Gasteiger partial charge in [0.1, 0.15) is 18.5 Å². The van der Waals surface area contributed by atoms with Crippen molar-refractivity contribution in [2.75, 3.05) is 6.61 Å². The number of ketones is 1. The molecular formula is C28H27NO11. The second kappa shape index (κ2) is 13.3. The number of nitrogens with zero attached hydrogens (tertiary/aromatic N) is 1. The van der Waals surface area contributed by atoms with E-state index < -0.39 is 61.2 Å². The molecule has 0 aromatic heterocycles. The first-order valence-electron chi connectivity index (χ1n) is 12.1. The first-order chi connectivity index (χ1) is 19.0. The van der Waals surface area contributed by atoms with Gasteiger partial charge in [-0.1, -0.05) is 0 Å². The summed E-state index contributed by atoms with van der Waals surface area (Å²) in [4.78, 5) is 60.0. The van der Waals surface area contributed by atoms with Crippen molar-refractivity contribution >= 4 is 29.7 Å². The van der Waals surface area contributed by atoms with Crippen molar-refractivity contribution in [3.63, 3.8) is 0 Å². The Labute approximate surface area is 229 Å². The van der Waals surface area contributed by atoms with Gasteiger partial charge in [0.05, 0.1) is 11.6 Å². The van der Waals surface area contributed by atoms with E-state index in [1.165, 1.54) is 43.3 Å². The van der Waals surface area contributed by atoms with Crippen LogP contribution in [0.3, 0.4) is 0 Å². The summed E-state index contributed by atoms with van der Waals surface area (Å²) in [6, 6.07) is 14.1. The van der Waals surface area contributed by atoms with Gasteiger partial charge in [0, 0.05) is 38.8 Å². The topological polar surface area (TPSA) is 165 Å². The number of benzene rings is 2. The standard InChI is InChI=1S/C28H27NO11/c1-15(30)35-14-23-25(36-16(2)31)26(37-17(3)32)27(38-18(4)33)28(40-23)39-22-11-9-21(10-12-22)24(34)20-7-5-19(13-29)6-8-20/h5-12,23,25-28H,14H2,1-4H3/t23-,25+,26+,27-,28+/m1/s1. The van der Waals surface area contributed by atoms with Crippen molar-refractivity contribution in [2.24, 2.45) is 0 Å². The summed E-state index contributed by atoms with van der Waals surface area (Å²) in [5.74, 6) is -3.02. The minimum atomic E-state index is -1.40. The third kappa shape index (κ3) is 7.87. The normalized spacial score (nSPS) is 21.7. The highest BCUT2D eigenvalue weighted by molar-refractivity contribution is 6.09. The Balaban J connectivity index is 1.90. The summed E-state index contributed by atoms with van der Waals surface area (Å²) >= 11 is 0. The zero-order valence-electron chi connectivity index (χ0n) is 22.2. The van der Waals surface area contributed by atoms with Crippen LogP contribution in [-0.4, -0.2) is 67.0 Å². The summed E-state index contributed by atoms with van der Waals surface area (Å²) in [6.45, 7) is 4.14. The minimum absolute atomic E-state index is 0.192. The van der Waals surface area contributed by atoms with E-state index in [9.17, 15) is 24.0 Å². The third-order valence-corrected chi connectivity index (χ3v) is 5.59. The SMILES string of the molecule is CC(=O)OC[C@H]1O[C@H](Oc2ccc(C(=O)c3ccc(C#N)cc3)cc2)[C@H](OC(C)=O)[C@@H](OC(C)=O)[C@H]1OC(C)=O. The average Bonchev–Trinajstić information content (AvgIpc) is 2.90. The van der Waals surface area contributed by atoms with Crippen molar-refractivity contribution in [1.29, 1.82) is 5.26 Å². The lowest BCUT2D eigenvalue weighted by Gasteiger charge is -2.43. The predicted octanol–water partition coefficient (Wildman–Crippen LogP) is 2.25. The van der Waals surface area contributed by atoms with E-state index in [0.717, 1.165) is 20.8 Å². The molecule has 0 aliphatic carbocycles. The van der Waals surface area contributed by atoms with Crippen LogP contribution in [0, 0.1) is 11.3 Å². The van der Waals surface area contributed by atoms with E-state index in [2.05, 4.69) is 0 Å². The van der Waals surface area contributed by atoms with Crippen molar-refractivity contribution in [3.05, 3.63) is 65.2 Å². The number of esters is 4. The molecule has 0 spiro atoms. The molecule has 1 aliphatic rings. The van der Waals surface area contributed by atoms with Gasteiger partial charge in [-0.25, -0.2) is 0 Å². The van der Waals surface area contributed by atoms with Crippen LogP contribution in [0.1, 0.15) is 49.2 Å². The van der Waals surface area contributed by atoms with E-state index in [-0.39, 0.29) is 11.5 Å². The van der Waals surface area contributed by atoms with Gasteiger partial charge in [0.25, 0.3) is 0 Å². The van der Waals surface area contributed by atoms with Crippen LogP contribution in [0.25, 0.3) is 0 Å². The Hall–Kier alpha value is -4.76. The molecular weight excluding hydrogens is 526 g/mol. The van der Waals surface area contributed by atoms with Gasteiger partial charge in [0.15, 0.2) is 18.0 Å². The quantitative estimate of drug-likeness (QED) is 0.253. The summed E-state index contributed by atoms with van der Waals surface area (Å²) in [5.41, 5.74) is 1.14. The highest BCUT2D eigenvalue weighted by Crippen LogP contribution is 2.31. The molecule has 5 atom stereocenters. The molecule has 0 amide bonds. The lowest BCUT2D eigenvalue weighted by Crippen LogP contribution is -2.63. The van der Waals surface area contributed by atoms with E-state index in [1.807, 2.05) is 6.07 Å². The molecule has 0 bridgehead atoms. The van der Waals surface area contributed by atoms with Crippen LogP contribution in [0.2, 0.25) is 0 Å². The van der Waals surface area contributed by atoms with Gasteiger partial charge >= 0.3 is 23.9 Å². The van der Waals surface area contributed by atoms with Gasteiger partial charge in [-0.3, -0.25) is 24.0 Å². The van der Waals surface area contributed by atoms with E-state index in [1.54, 1.807) is 12.1 Å². The predicted molar refractivity (Wildman–Crippen MR) is 134 cm³/mol. The Morgan fingerprint density at radius 3 is 1.73 bits per heavy atom. The average molecular weight is 554 g/mol. The Morgan fingerprint density at radius 1 is 0.725 bits per heavy atom.